The molecule has 1 aliphatic carbocycles. The third-order valence-corrected chi connectivity index (χ3v) is 2.96. The number of rotatable bonds is 5. The van der Waals surface area contributed by atoms with Crippen LogP contribution in [0.25, 0.3) is 0 Å². The number of ether oxygens (including phenoxy) is 2. The Labute approximate surface area is 100 Å². The van der Waals surface area contributed by atoms with Gasteiger partial charge >= 0.3 is 11.9 Å². The lowest BCUT2D eigenvalue weighted by molar-refractivity contribution is -0.158. The number of Topliss-reactive ketones (excluding diaryl/α,β-unsaturated/α-hetero) is 1. The molecule has 0 aromatic heterocycles. The van der Waals surface area contributed by atoms with E-state index in [1.54, 1.807) is 0 Å². The predicted molar refractivity (Wildman–Crippen MR) is 59.2 cm³/mol. The average Bonchev–Trinajstić information content (AvgIpc) is 2.36. The van der Waals surface area contributed by atoms with Gasteiger partial charge in [-0.3, -0.25) is 9.59 Å². The van der Waals surface area contributed by atoms with Gasteiger partial charge in [-0.1, -0.05) is 19.3 Å². The van der Waals surface area contributed by atoms with Gasteiger partial charge in [0, 0.05) is 5.92 Å². The third kappa shape index (κ3) is 4.97. The number of methoxy groups -OCH3 is 1. The van der Waals surface area contributed by atoms with Crippen molar-refractivity contribution in [2.75, 3.05) is 13.7 Å². The molecule has 5 heteroatoms. The molecule has 0 aliphatic heterocycles. The molecule has 1 rings (SSSR count). The first kappa shape index (κ1) is 13.7. The molecule has 0 unspecified atom stereocenters. The highest BCUT2D eigenvalue weighted by Gasteiger charge is 2.23. The zero-order valence-electron chi connectivity index (χ0n) is 10.1. The number of carbonyl (C=O) groups is 3. The van der Waals surface area contributed by atoms with Crippen molar-refractivity contribution in [3.05, 3.63) is 0 Å². The van der Waals surface area contributed by atoms with Crippen molar-refractivity contribution in [3.63, 3.8) is 0 Å². The van der Waals surface area contributed by atoms with Crippen molar-refractivity contribution in [1.82, 2.24) is 0 Å². The first-order valence-electron chi connectivity index (χ1n) is 5.88. The van der Waals surface area contributed by atoms with E-state index in [1.807, 2.05) is 0 Å². The van der Waals surface area contributed by atoms with Crippen LogP contribution in [0.15, 0.2) is 0 Å². The van der Waals surface area contributed by atoms with Crippen LogP contribution < -0.4 is 0 Å². The molecule has 0 aromatic carbocycles. The number of hydrogen-bond acceptors (Lipinski definition) is 5. The summed E-state index contributed by atoms with van der Waals surface area (Å²) in [5, 5.41) is 0. The zero-order valence-corrected chi connectivity index (χ0v) is 10.1. The van der Waals surface area contributed by atoms with Gasteiger partial charge in [0.05, 0.1) is 7.11 Å². The first-order chi connectivity index (χ1) is 8.13. The van der Waals surface area contributed by atoms with Crippen LogP contribution in [-0.2, 0) is 23.9 Å². The van der Waals surface area contributed by atoms with Crippen molar-refractivity contribution in [2.24, 2.45) is 5.92 Å². The summed E-state index contributed by atoms with van der Waals surface area (Å²) in [6.45, 7) is -0.423. The van der Waals surface area contributed by atoms with Gasteiger partial charge in [0.1, 0.15) is 12.2 Å². The monoisotopic (exact) mass is 242 g/mol. The maximum absolute atomic E-state index is 11.7. The fourth-order valence-electron chi connectivity index (χ4n) is 1.96. The fraction of sp³-hybridized carbons (Fsp3) is 0.750. The van der Waals surface area contributed by atoms with Gasteiger partial charge in [-0.25, -0.2) is 4.79 Å². The fourth-order valence-corrected chi connectivity index (χ4v) is 1.96. The van der Waals surface area contributed by atoms with Crippen LogP contribution in [0.1, 0.15) is 38.5 Å². The zero-order chi connectivity index (χ0) is 12.7. The van der Waals surface area contributed by atoms with Crippen molar-refractivity contribution in [2.45, 2.75) is 38.5 Å². The summed E-state index contributed by atoms with van der Waals surface area (Å²) in [5.74, 6) is -1.34. The van der Waals surface area contributed by atoms with E-state index in [2.05, 4.69) is 9.47 Å². The van der Waals surface area contributed by atoms with E-state index in [4.69, 9.17) is 0 Å². The Morgan fingerprint density at radius 3 is 2.29 bits per heavy atom. The highest BCUT2D eigenvalue weighted by atomic mass is 16.6. The van der Waals surface area contributed by atoms with Gasteiger partial charge in [0.2, 0.25) is 0 Å². The second-order valence-electron chi connectivity index (χ2n) is 4.21. The average molecular weight is 242 g/mol. The van der Waals surface area contributed by atoms with Crippen molar-refractivity contribution < 1.29 is 23.9 Å². The van der Waals surface area contributed by atoms with E-state index < -0.39 is 18.5 Å². The Kier molecular flexibility index (Phi) is 5.66. The molecule has 1 aliphatic rings. The molecule has 1 saturated carbocycles. The Hall–Kier alpha value is -1.39. The van der Waals surface area contributed by atoms with Crippen LogP contribution in [0.3, 0.4) is 0 Å². The summed E-state index contributed by atoms with van der Waals surface area (Å²) in [4.78, 5) is 33.7. The molecule has 96 valence electrons. The number of ketones is 1. The van der Waals surface area contributed by atoms with Gasteiger partial charge < -0.3 is 9.47 Å². The van der Waals surface area contributed by atoms with E-state index in [0.717, 1.165) is 32.1 Å². The molecule has 0 atom stereocenters. The Morgan fingerprint density at radius 1 is 1.06 bits per heavy atom. The van der Waals surface area contributed by atoms with E-state index in [-0.39, 0.29) is 18.1 Å². The van der Waals surface area contributed by atoms with Gasteiger partial charge in [-0.15, -0.1) is 0 Å². The summed E-state index contributed by atoms with van der Waals surface area (Å²) in [7, 11) is 1.21. The highest BCUT2D eigenvalue weighted by molar-refractivity contribution is 5.97. The van der Waals surface area contributed by atoms with Gasteiger partial charge in [-0.2, -0.15) is 0 Å². The molecule has 1 fully saturated rings. The summed E-state index contributed by atoms with van der Waals surface area (Å²) in [6.07, 6.45) is 4.76. The van der Waals surface area contributed by atoms with Crippen molar-refractivity contribution in [1.29, 1.82) is 0 Å². The molecule has 0 radical (unpaired) electrons. The summed E-state index contributed by atoms with van der Waals surface area (Å²) < 4.78 is 8.94. The molecule has 0 bridgehead atoms. The lowest BCUT2D eigenvalue weighted by atomic mass is 9.85. The topological polar surface area (TPSA) is 69.7 Å². The molecule has 0 saturated heterocycles. The maximum atomic E-state index is 11.7. The van der Waals surface area contributed by atoms with Crippen LogP contribution in [-0.4, -0.2) is 31.4 Å². The Bertz CT molecular complexity index is 291. The van der Waals surface area contributed by atoms with E-state index in [1.165, 1.54) is 7.11 Å². The quantitative estimate of drug-likeness (QED) is 0.536. The molecule has 0 aromatic rings. The molecular formula is C12H18O5. The van der Waals surface area contributed by atoms with E-state index in [9.17, 15) is 14.4 Å². The summed E-state index contributed by atoms with van der Waals surface area (Å²) in [6, 6.07) is 0. The predicted octanol–water partition coefficient (Wildman–Crippen LogP) is 1.24. The van der Waals surface area contributed by atoms with E-state index >= 15 is 0 Å². The molecule has 0 amide bonds. The lowest BCUT2D eigenvalue weighted by Crippen LogP contribution is -2.23. The maximum Gasteiger partial charge on any atom is 0.344 e. The van der Waals surface area contributed by atoms with Gasteiger partial charge in [-0.05, 0) is 12.8 Å². The van der Waals surface area contributed by atoms with Crippen LogP contribution in [0.2, 0.25) is 0 Å². The van der Waals surface area contributed by atoms with Crippen LogP contribution in [0.5, 0.6) is 0 Å². The minimum atomic E-state index is -0.647. The SMILES string of the molecule is COC(=O)COC(=O)CC(=O)C1CCCCC1. The van der Waals surface area contributed by atoms with Crippen LogP contribution >= 0.6 is 0 Å². The van der Waals surface area contributed by atoms with Crippen molar-refractivity contribution >= 4 is 17.7 Å². The van der Waals surface area contributed by atoms with E-state index in [0.29, 0.717) is 0 Å². The molecule has 17 heavy (non-hydrogen) atoms. The summed E-state index contributed by atoms with van der Waals surface area (Å²) in [5.41, 5.74) is 0. The number of carbonyl (C=O) groups excluding carboxylic acids is 3. The minimum absolute atomic E-state index is 0.00516. The van der Waals surface area contributed by atoms with Crippen LogP contribution in [0, 0.1) is 5.92 Å². The van der Waals surface area contributed by atoms with Gasteiger partial charge in [0.15, 0.2) is 6.61 Å². The molecule has 5 nitrogen and oxygen atoms in total. The molecule has 0 heterocycles. The van der Waals surface area contributed by atoms with Gasteiger partial charge in [0.25, 0.3) is 0 Å². The largest absolute Gasteiger partial charge is 0.466 e. The number of esters is 2. The second kappa shape index (κ2) is 7.04. The Morgan fingerprint density at radius 2 is 1.71 bits per heavy atom. The Balaban J connectivity index is 2.25. The van der Waals surface area contributed by atoms with Crippen LogP contribution in [0.4, 0.5) is 0 Å². The number of hydrogen-bond donors (Lipinski definition) is 0. The highest BCUT2D eigenvalue weighted by Crippen LogP contribution is 2.25. The lowest BCUT2D eigenvalue weighted by Gasteiger charge is -2.19. The minimum Gasteiger partial charge on any atom is -0.466 e. The summed E-state index contributed by atoms with van der Waals surface area (Å²) >= 11 is 0. The van der Waals surface area contributed by atoms with Crippen molar-refractivity contribution in [3.8, 4) is 0 Å². The molecule has 0 N–H and O–H groups in total. The normalized spacial score (nSPS) is 16.3. The first-order valence-corrected chi connectivity index (χ1v) is 5.88. The molecular weight excluding hydrogens is 224 g/mol. The second-order valence-corrected chi connectivity index (χ2v) is 4.21. The molecule has 0 spiro atoms. The smallest absolute Gasteiger partial charge is 0.344 e. The standard InChI is InChI=1S/C12H18O5/c1-16-12(15)8-17-11(14)7-10(13)9-5-3-2-4-6-9/h9H,2-8H2,1H3. The third-order valence-electron chi connectivity index (χ3n) is 2.96.